The van der Waals surface area contributed by atoms with Crippen molar-refractivity contribution in [2.75, 3.05) is 0 Å². The van der Waals surface area contributed by atoms with Gasteiger partial charge in [-0.3, -0.25) is 9.97 Å². The highest BCUT2D eigenvalue weighted by Gasteiger charge is 2.16. The van der Waals surface area contributed by atoms with Gasteiger partial charge in [0.2, 0.25) is 0 Å². The zero-order valence-corrected chi connectivity index (χ0v) is 32.2. The van der Waals surface area contributed by atoms with E-state index in [1.165, 1.54) is 0 Å². The van der Waals surface area contributed by atoms with E-state index < -0.39 is 0 Å². The highest BCUT2D eigenvalue weighted by atomic mass is 15.0. The van der Waals surface area contributed by atoms with Crippen LogP contribution in [0.1, 0.15) is 0 Å². The molecule has 0 N–H and O–H groups in total. The number of pyridine rings is 3. The minimum Gasteiger partial charge on any atom is -0.255 e. The van der Waals surface area contributed by atoms with Crippen LogP contribution in [0.4, 0.5) is 0 Å². The molecular formula is C52H34N8. The Morgan fingerprint density at radius 2 is 0.617 bits per heavy atom. The molecule has 0 aliphatic heterocycles. The van der Waals surface area contributed by atoms with Gasteiger partial charge in [-0.2, -0.15) is 0 Å². The molecule has 5 aromatic carbocycles. The third-order valence-electron chi connectivity index (χ3n) is 10.1. The maximum absolute atomic E-state index is 5.12. The van der Waals surface area contributed by atoms with Crippen LogP contribution in [-0.4, -0.2) is 39.9 Å². The Labute approximate surface area is 347 Å². The lowest BCUT2D eigenvalue weighted by Crippen LogP contribution is -2.00. The van der Waals surface area contributed by atoms with E-state index in [1.807, 2.05) is 152 Å². The molecular weight excluding hydrogens is 737 g/mol. The number of hydrogen-bond donors (Lipinski definition) is 0. The van der Waals surface area contributed by atoms with Gasteiger partial charge in [-0.1, -0.05) is 152 Å². The molecule has 0 radical (unpaired) electrons. The van der Waals surface area contributed by atoms with Crippen molar-refractivity contribution < 1.29 is 0 Å². The molecule has 0 fully saturated rings. The van der Waals surface area contributed by atoms with Gasteiger partial charge in [0.05, 0.1) is 34.2 Å². The van der Waals surface area contributed by atoms with E-state index in [0.29, 0.717) is 34.7 Å². The van der Waals surface area contributed by atoms with E-state index in [4.69, 9.17) is 34.9 Å². The Morgan fingerprint density at radius 3 is 1.15 bits per heavy atom. The second kappa shape index (κ2) is 16.2. The van der Waals surface area contributed by atoms with Crippen LogP contribution >= 0.6 is 0 Å². The van der Waals surface area contributed by atoms with Crippen molar-refractivity contribution >= 4 is 0 Å². The first-order chi connectivity index (χ1) is 29.7. The highest BCUT2D eigenvalue weighted by Crippen LogP contribution is 2.33. The number of aromatic nitrogens is 8. The molecule has 60 heavy (non-hydrogen) atoms. The maximum atomic E-state index is 5.12. The highest BCUT2D eigenvalue weighted by molar-refractivity contribution is 5.79. The minimum atomic E-state index is 0.593. The quantitative estimate of drug-likeness (QED) is 0.143. The summed E-state index contributed by atoms with van der Waals surface area (Å²) in [5, 5.41) is 0. The van der Waals surface area contributed by atoms with Crippen LogP contribution in [0.15, 0.2) is 207 Å². The van der Waals surface area contributed by atoms with Gasteiger partial charge in [0.1, 0.15) is 0 Å². The lowest BCUT2D eigenvalue weighted by Gasteiger charge is -2.12. The van der Waals surface area contributed by atoms with E-state index in [-0.39, 0.29) is 0 Å². The molecule has 0 bridgehead atoms. The molecule has 5 aromatic heterocycles. The molecule has 0 saturated heterocycles. The van der Waals surface area contributed by atoms with Crippen LogP contribution in [0.25, 0.3) is 102 Å². The van der Waals surface area contributed by atoms with Gasteiger partial charge in [0.25, 0.3) is 0 Å². The smallest absolute Gasteiger partial charge is 0.164 e. The monoisotopic (exact) mass is 770 g/mol. The Bertz CT molecular complexity index is 2940. The van der Waals surface area contributed by atoms with Crippen molar-refractivity contribution in [3.8, 4) is 102 Å². The Kier molecular flexibility index (Phi) is 9.75. The molecule has 0 unspecified atom stereocenters. The summed E-state index contributed by atoms with van der Waals surface area (Å²) in [7, 11) is 0. The molecule has 0 spiro atoms. The normalized spacial score (nSPS) is 11.0. The zero-order chi connectivity index (χ0) is 40.1. The van der Waals surface area contributed by atoms with Crippen molar-refractivity contribution in [2.45, 2.75) is 0 Å². The van der Waals surface area contributed by atoms with Crippen LogP contribution in [0, 0.1) is 0 Å². The fourth-order valence-corrected chi connectivity index (χ4v) is 7.02. The molecule has 0 atom stereocenters. The third kappa shape index (κ3) is 7.68. The lowest BCUT2D eigenvalue weighted by atomic mass is 10.0. The van der Waals surface area contributed by atoms with Crippen molar-refractivity contribution in [2.24, 2.45) is 0 Å². The summed E-state index contributed by atoms with van der Waals surface area (Å²) in [6, 6.07) is 64.5. The van der Waals surface area contributed by atoms with E-state index in [0.717, 1.165) is 67.3 Å². The van der Waals surface area contributed by atoms with Crippen LogP contribution < -0.4 is 0 Å². The first-order valence-corrected chi connectivity index (χ1v) is 19.6. The summed E-state index contributed by atoms with van der Waals surface area (Å²) >= 11 is 0. The first-order valence-electron chi connectivity index (χ1n) is 19.6. The fraction of sp³-hybridized carbons (Fsp3) is 0. The van der Waals surface area contributed by atoms with E-state index >= 15 is 0 Å². The molecule has 282 valence electrons. The SMILES string of the molecule is c1ccc(-c2cc(-c3ccnc(-c4cc(-c5ccc(-c6nc(-c7ccccc7)nc(-c7ccccc7)n6)cc5)cc(-c5ccccn5)n4)c3)nc(-c3ccccc3)n2)cc1. The van der Waals surface area contributed by atoms with Crippen molar-refractivity contribution in [3.63, 3.8) is 0 Å². The predicted octanol–water partition coefficient (Wildman–Crippen LogP) is 11.8. The molecule has 0 amide bonds. The zero-order valence-electron chi connectivity index (χ0n) is 32.2. The van der Waals surface area contributed by atoms with E-state index in [1.54, 1.807) is 6.20 Å². The van der Waals surface area contributed by atoms with Crippen molar-refractivity contribution in [1.82, 2.24) is 39.9 Å². The Morgan fingerprint density at radius 1 is 0.200 bits per heavy atom. The second-order valence-electron chi connectivity index (χ2n) is 14.1. The third-order valence-corrected chi connectivity index (χ3v) is 10.1. The molecule has 8 heteroatoms. The van der Waals surface area contributed by atoms with Crippen LogP contribution in [0.5, 0.6) is 0 Å². The van der Waals surface area contributed by atoms with E-state index in [9.17, 15) is 0 Å². The van der Waals surface area contributed by atoms with Gasteiger partial charge in [0, 0.05) is 45.8 Å². The fourth-order valence-electron chi connectivity index (χ4n) is 7.02. The molecule has 10 rings (SSSR count). The molecule has 5 heterocycles. The summed E-state index contributed by atoms with van der Waals surface area (Å²) < 4.78 is 0. The number of hydrogen-bond acceptors (Lipinski definition) is 8. The molecule has 10 aromatic rings. The molecule has 0 aliphatic carbocycles. The lowest BCUT2D eigenvalue weighted by molar-refractivity contribution is 1.07. The first kappa shape index (κ1) is 36.0. The molecule has 0 saturated carbocycles. The average molecular weight is 771 g/mol. The molecule has 0 aliphatic rings. The maximum Gasteiger partial charge on any atom is 0.164 e. The van der Waals surface area contributed by atoms with Crippen molar-refractivity contribution in [3.05, 3.63) is 207 Å². The van der Waals surface area contributed by atoms with Crippen molar-refractivity contribution in [1.29, 1.82) is 0 Å². The number of nitrogens with zero attached hydrogens (tertiary/aromatic N) is 8. The van der Waals surface area contributed by atoms with Gasteiger partial charge in [-0.15, -0.1) is 0 Å². The summed E-state index contributed by atoms with van der Waals surface area (Å²) in [5.74, 6) is 2.48. The number of rotatable bonds is 9. The average Bonchev–Trinajstić information content (AvgIpc) is 3.35. The van der Waals surface area contributed by atoms with Gasteiger partial charge in [-0.05, 0) is 53.6 Å². The summed E-state index contributed by atoms with van der Waals surface area (Å²) in [4.78, 5) is 39.4. The summed E-state index contributed by atoms with van der Waals surface area (Å²) in [6.07, 6.45) is 3.59. The predicted molar refractivity (Wildman–Crippen MR) is 238 cm³/mol. The number of benzene rings is 5. The van der Waals surface area contributed by atoms with Gasteiger partial charge < -0.3 is 0 Å². The Balaban J connectivity index is 1.05. The van der Waals surface area contributed by atoms with Gasteiger partial charge in [0.15, 0.2) is 23.3 Å². The topological polar surface area (TPSA) is 103 Å². The van der Waals surface area contributed by atoms with Crippen LogP contribution in [0.2, 0.25) is 0 Å². The summed E-state index contributed by atoms with van der Waals surface area (Å²) in [5.41, 5.74) is 12.0. The standard InChI is InChI=1S/C52H34N8/c1-5-15-36(16-6-1)44-34-45(57-49(56-44)37-17-7-2-8-18-37)41-28-30-54-46(31-41)48-33-42(32-47(55-48)43-23-13-14-29-53-43)35-24-26-40(27-25-35)52-59-50(38-19-9-3-10-20-38)58-51(60-52)39-21-11-4-12-22-39/h1-34H. The Hall–Kier alpha value is -8.36. The van der Waals surface area contributed by atoms with Crippen LogP contribution in [0.3, 0.4) is 0 Å². The molecule has 8 nitrogen and oxygen atoms in total. The van der Waals surface area contributed by atoms with Crippen LogP contribution in [-0.2, 0) is 0 Å². The minimum absolute atomic E-state index is 0.593. The van der Waals surface area contributed by atoms with Gasteiger partial charge >= 0.3 is 0 Å². The van der Waals surface area contributed by atoms with E-state index in [2.05, 4.69) is 53.5 Å². The largest absolute Gasteiger partial charge is 0.255 e. The summed E-state index contributed by atoms with van der Waals surface area (Å²) in [6.45, 7) is 0. The van der Waals surface area contributed by atoms with Gasteiger partial charge in [-0.25, -0.2) is 29.9 Å². The second-order valence-corrected chi connectivity index (χ2v) is 14.1.